The van der Waals surface area contributed by atoms with E-state index in [0.29, 0.717) is 49.0 Å². The van der Waals surface area contributed by atoms with E-state index in [2.05, 4.69) is 6.92 Å². The molecule has 0 aromatic heterocycles. The third kappa shape index (κ3) is 4.41. The minimum atomic E-state index is -0.635. The molecule has 0 bridgehead atoms. The number of unbranched alkanes of at least 4 members (excludes halogenated alkanes) is 1. The normalized spacial score (nSPS) is 16.9. The maximum Gasteiger partial charge on any atom is 0.261 e. The summed E-state index contributed by atoms with van der Waals surface area (Å²) < 4.78 is 22.3. The molecule has 2 aliphatic heterocycles. The first-order chi connectivity index (χ1) is 16.1. The van der Waals surface area contributed by atoms with E-state index in [0.717, 1.165) is 24.1 Å². The SMILES string of the molecule is CCCCOc1cc2c(cc1OC)C(=O)N1c3ccccc3C[C@H]1C(=O)N2COCCOC. The number of hydrogen-bond donors (Lipinski definition) is 0. The van der Waals surface area contributed by atoms with E-state index in [1.54, 1.807) is 31.3 Å². The Morgan fingerprint density at radius 3 is 2.58 bits per heavy atom. The van der Waals surface area contributed by atoms with Crippen LogP contribution in [0.4, 0.5) is 11.4 Å². The number of benzene rings is 2. The van der Waals surface area contributed by atoms with Gasteiger partial charge in [0, 0.05) is 25.3 Å². The van der Waals surface area contributed by atoms with Crippen molar-refractivity contribution in [3.63, 3.8) is 0 Å². The lowest BCUT2D eigenvalue weighted by Crippen LogP contribution is -2.47. The zero-order valence-corrected chi connectivity index (χ0v) is 19.3. The van der Waals surface area contributed by atoms with Crippen LogP contribution in [0.2, 0.25) is 0 Å². The Morgan fingerprint density at radius 1 is 1.00 bits per heavy atom. The molecule has 0 N–H and O–H groups in total. The Bertz CT molecular complexity index is 1020. The molecule has 176 valence electrons. The fourth-order valence-electron chi connectivity index (χ4n) is 4.24. The standard InChI is InChI=1S/C25H30N2O6/c1-4-5-10-33-23-15-20-18(14-22(23)31-3)24(28)27-19-9-7-6-8-17(19)13-21(27)25(29)26(20)16-32-12-11-30-2/h6-9,14-15,21H,4-5,10-13,16H2,1-3H3/t21-/m0/s1. The number of rotatable bonds is 10. The molecule has 0 fully saturated rings. The highest BCUT2D eigenvalue weighted by molar-refractivity contribution is 6.20. The number of anilines is 2. The molecule has 2 heterocycles. The molecular formula is C25H30N2O6. The third-order valence-electron chi connectivity index (χ3n) is 5.96. The quantitative estimate of drug-likeness (QED) is 0.512. The number of amides is 2. The van der Waals surface area contributed by atoms with Crippen molar-refractivity contribution in [3.05, 3.63) is 47.5 Å². The number of methoxy groups -OCH3 is 2. The first kappa shape index (κ1) is 23.1. The number of ether oxygens (including phenoxy) is 4. The van der Waals surface area contributed by atoms with Crippen molar-refractivity contribution in [2.24, 2.45) is 0 Å². The van der Waals surface area contributed by atoms with E-state index in [1.165, 1.54) is 4.90 Å². The van der Waals surface area contributed by atoms with E-state index >= 15 is 0 Å². The van der Waals surface area contributed by atoms with Gasteiger partial charge < -0.3 is 18.9 Å². The molecule has 4 rings (SSSR count). The van der Waals surface area contributed by atoms with Gasteiger partial charge in [-0.1, -0.05) is 31.5 Å². The van der Waals surface area contributed by atoms with Crippen LogP contribution >= 0.6 is 0 Å². The maximum absolute atomic E-state index is 13.8. The van der Waals surface area contributed by atoms with E-state index in [-0.39, 0.29) is 18.5 Å². The van der Waals surface area contributed by atoms with Gasteiger partial charge >= 0.3 is 0 Å². The monoisotopic (exact) mass is 454 g/mol. The van der Waals surface area contributed by atoms with Crippen molar-refractivity contribution in [1.82, 2.24) is 0 Å². The summed E-state index contributed by atoms with van der Waals surface area (Å²) in [6, 6.07) is 10.4. The van der Waals surface area contributed by atoms with Gasteiger partial charge in [-0.15, -0.1) is 0 Å². The Morgan fingerprint density at radius 2 is 1.82 bits per heavy atom. The van der Waals surface area contributed by atoms with Crippen LogP contribution < -0.4 is 19.3 Å². The highest BCUT2D eigenvalue weighted by Crippen LogP contribution is 2.42. The molecule has 0 radical (unpaired) electrons. The van der Waals surface area contributed by atoms with Gasteiger partial charge in [-0.3, -0.25) is 19.4 Å². The Balaban J connectivity index is 1.79. The van der Waals surface area contributed by atoms with Crippen molar-refractivity contribution in [3.8, 4) is 11.5 Å². The molecule has 0 unspecified atom stereocenters. The van der Waals surface area contributed by atoms with Gasteiger partial charge in [0.15, 0.2) is 11.5 Å². The summed E-state index contributed by atoms with van der Waals surface area (Å²) in [6.45, 7) is 3.33. The van der Waals surface area contributed by atoms with E-state index in [9.17, 15) is 9.59 Å². The van der Waals surface area contributed by atoms with Gasteiger partial charge in [-0.05, 0) is 24.1 Å². The molecule has 33 heavy (non-hydrogen) atoms. The largest absolute Gasteiger partial charge is 0.493 e. The first-order valence-electron chi connectivity index (χ1n) is 11.2. The van der Waals surface area contributed by atoms with Gasteiger partial charge in [-0.2, -0.15) is 0 Å². The number of fused-ring (bicyclic) bond motifs is 4. The smallest absolute Gasteiger partial charge is 0.261 e. The molecule has 1 atom stereocenters. The van der Waals surface area contributed by atoms with Crippen LogP contribution in [0, 0.1) is 0 Å². The van der Waals surface area contributed by atoms with E-state index in [1.807, 2.05) is 24.3 Å². The van der Waals surface area contributed by atoms with Crippen molar-refractivity contribution in [1.29, 1.82) is 0 Å². The zero-order chi connectivity index (χ0) is 23.4. The molecule has 2 amide bonds. The van der Waals surface area contributed by atoms with Crippen molar-refractivity contribution in [2.75, 3.05) is 50.6 Å². The molecule has 8 nitrogen and oxygen atoms in total. The summed E-state index contributed by atoms with van der Waals surface area (Å²) in [5, 5.41) is 0. The topological polar surface area (TPSA) is 77.5 Å². The number of para-hydroxylation sites is 1. The molecule has 2 aliphatic rings. The number of nitrogens with zero attached hydrogens (tertiary/aromatic N) is 2. The molecule has 0 saturated carbocycles. The third-order valence-corrected chi connectivity index (χ3v) is 5.96. The average molecular weight is 455 g/mol. The predicted octanol–water partition coefficient (Wildman–Crippen LogP) is 3.41. The minimum Gasteiger partial charge on any atom is -0.493 e. The Hall–Kier alpha value is -3.10. The predicted molar refractivity (Wildman–Crippen MR) is 124 cm³/mol. The highest BCUT2D eigenvalue weighted by Gasteiger charge is 2.45. The Labute approximate surface area is 194 Å². The molecule has 2 aromatic rings. The van der Waals surface area contributed by atoms with Crippen LogP contribution in [0.5, 0.6) is 11.5 Å². The number of carbonyl (C=O) groups is 2. The van der Waals surface area contributed by atoms with Crippen LogP contribution in [0.1, 0.15) is 35.7 Å². The molecule has 0 spiro atoms. The van der Waals surface area contributed by atoms with Gasteiger partial charge in [0.25, 0.3) is 11.8 Å². The van der Waals surface area contributed by atoms with Gasteiger partial charge in [0.2, 0.25) is 0 Å². The van der Waals surface area contributed by atoms with Crippen LogP contribution in [0.15, 0.2) is 36.4 Å². The second-order valence-corrected chi connectivity index (χ2v) is 8.04. The number of carbonyl (C=O) groups excluding carboxylic acids is 2. The fraction of sp³-hybridized carbons (Fsp3) is 0.440. The molecule has 8 heteroatoms. The van der Waals surface area contributed by atoms with Gasteiger partial charge in [0.1, 0.15) is 12.8 Å². The van der Waals surface area contributed by atoms with Crippen LogP contribution in [0.3, 0.4) is 0 Å². The van der Waals surface area contributed by atoms with E-state index < -0.39 is 6.04 Å². The lowest BCUT2D eigenvalue weighted by Gasteiger charge is -2.26. The summed E-state index contributed by atoms with van der Waals surface area (Å²) in [6.07, 6.45) is 2.33. The van der Waals surface area contributed by atoms with Crippen LogP contribution in [0.25, 0.3) is 0 Å². The summed E-state index contributed by atoms with van der Waals surface area (Å²) in [5.74, 6) is 0.512. The van der Waals surface area contributed by atoms with Gasteiger partial charge in [-0.25, -0.2) is 0 Å². The Kier molecular flexibility index (Phi) is 7.15. The summed E-state index contributed by atoms with van der Waals surface area (Å²) in [7, 11) is 3.13. The van der Waals surface area contributed by atoms with Crippen molar-refractivity contribution in [2.45, 2.75) is 32.2 Å². The lowest BCUT2D eigenvalue weighted by molar-refractivity contribution is -0.120. The summed E-state index contributed by atoms with van der Waals surface area (Å²) >= 11 is 0. The van der Waals surface area contributed by atoms with Crippen molar-refractivity contribution < 1.29 is 28.5 Å². The molecule has 0 saturated heterocycles. The fourth-order valence-corrected chi connectivity index (χ4v) is 4.24. The molecule has 0 aliphatic carbocycles. The highest BCUT2D eigenvalue weighted by atomic mass is 16.5. The second kappa shape index (κ2) is 10.2. The van der Waals surface area contributed by atoms with Crippen molar-refractivity contribution >= 4 is 23.2 Å². The molecular weight excluding hydrogens is 424 g/mol. The van der Waals surface area contributed by atoms with Crippen LogP contribution in [-0.2, 0) is 20.7 Å². The average Bonchev–Trinajstić information content (AvgIpc) is 3.20. The lowest BCUT2D eigenvalue weighted by atomic mass is 10.1. The zero-order valence-electron chi connectivity index (χ0n) is 19.3. The minimum absolute atomic E-state index is 0.00386. The second-order valence-electron chi connectivity index (χ2n) is 8.04. The summed E-state index contributed by atoms with van der Waals surface area (Å²) in [4.78, 5) is 30.7. The molecule has 2 aromatic carbocycles. The summed E-state index contributed by atoms with van der Waals surface area (Å²) in [5.41, 5.74) is 2.56. The maximum atomic E-state index is 13.8. The first-order valence-corrected chi connectivity index (χ1v) is 11.2. The van der Waals surface area contributed by atoms with Crippen LogP contribution in [-0.4, -0.2) is 58.6 Å². The number of hydrogen-bond acceptors (Lipinski definition) is 6. The van der Waals surface area contributed by atoms with Gasteiger partial charge in [0.05, 0.1) is 38.2 Å². The van der Waals surface area contributed by atoms with E-state index in [4.69, 9.17) is 18.9 Å².